The molecule has 92 valence electrons. The average molecular weight is 222 g/mol. The van der Waals surface area contributed by atoms with Gasteiger partial charge in [-0.2, -0.15) is 0 Å². The Hall–Kier alpha value is -0.0400. The smallest absolute Gasteiger partial charge is 0.0685 e. The Morgan fingerprint density at radius 2 is 2.00 bits per heavy atom. The van der Waals surface area contributed by atoms with Crippen LogP contribution in [0, 0.1) is 23.7 Å². The molecule has 0 aromatic carbocycles. The predicted molar refractivity (Wildman–Crippen MR) is 66.3 cm³/mol. The largest absolute Gasteiger partial charge is 0.375 e. The van der Waals surface area contributed by atoms with Gasteiger partial charge in [-0.1, -0.05) is 20.3 Å². The predicted octanol–water partition coefficient (Wildman–Crippen LogP) is 4.02. The summed E-state index contributed by atoms with van der Waals surface area (Å²) < 4.78 is 6.37. The van der Waals surface area contributed by atoms with E-state index in [0.717, 1.165) is 30.3 Å². The van der Waals surface area contributed by atoms with Crippen molar-refractivity contribution in [2.24, 2.45) is 23.7 Å². The monoisotopic (exact) mass is 222 g/mol. The molecule has 2 saturated carbocycles. The fourth-order valence-electron chi connectivity index (χ4n) is 3.97. The molecule has 0 aromatic rings. The summed E-state index contributed by atoms with van der Waals surface area (Å²) in [6.07, 6.45) is 9.81. The van der Waals surface area contributed by atoms with Crippen molar-refractivity contribution in [1.29, 1.82) is 0 Å². The zero-order valence-corrected chi connectivity index (χ0v) is 10.9. The molecule has 1 spiro atoms. The van der Waals surface area contributed by atoms with Crippen molar-refractivity contribution in [3.63, 3.8) is 0 Å². The van der Waals surface area contributed by atoms with Crippen molar-refractivity contribution in [2.45, 2.75) is 64.4 Å². The second-order valence-electron chi connectivity index (χ2n) is 6.89. The quantitative estimate of drug-likeness (QED) is 0.651. The highest BCUT2D eigenvalue weighted by molar-refractivity contribution is 4.97. The zero-order chi connectivity index (χ0) is 11.2. The first-order valence-corrected chi connectivity index (χ1v) is 7.32. The van der Waals surface area contributed by atoms with Gasteiger partial charge in [-0.3, -0.25) is 0 Å². The van der Waals surface area contributed by atoms with Crippen LogP contribution in [0.15, 0.2) is 0 Å². The third kappa shape index (κ3) is 2.03. The van der Waals surface area contributed by atoms with E-state index in [0.29, 0.717) is 5.60 Å². The highest BCUT2D eigenvalue weighted by Crippen LogP contribution is 2.51. The number of ether oxygens (including phenoxy) is 1. The summed E-state index contributed by atoms with van der Waals surface area (Å²) in [6.45, 7) is 5.85. The molecule has 16 heavy (non-hydrogen) atoms. The van der Waals surface area contributed by atoms with Crippen molar-refractivity contribution < 1.29 is 4.74 Å². The van der Waals surface area contributed by atoms with Crippen LogP contribution >= 0.6 is 0 Å². The third-order valence-electron chi connectivity index (χ3n) is 5.43. The lowest BCUT2D eigenvalue weighted by Gasteiger charge is -2.42. The van der Waals surface area contributed by atoms with Crippen LogP contribution in [0.25, 0.3) is 0 Å². The van der Waals surface area contributed by atoms with E-state index in [2.05, 4.69) is 13.8 Å². The molecule has 0 bridgehead atoms. The molecule has 0 aromatic heterocycles. The molecule has 4 atom stereocenters. The van der Waals surface area contributed by atoms with E-state index < -0.39 is 0 Å². The fourth-order valence-corrected chi connectivity index (χ4v) is 3.97. The summed E-state index contributed by atoms with van der Waals surface area (Å²) in [4.78, 5) is 0. The molecule has 1 aliphatic heterocycles. The van der Waals surface area contributed by atoms with E-state index in [1.54, 1.807) is 0 Å². The second kappa shape index (κ2) is 4.01. The van der Waals surface area contributed by atoms with Gasteiger partial charge in [-0.25, -0.2) is 0 Å². The maximum absolute atomic E-state index is 6.37. The number of hydrogen-bond acceptors (Lipinski definition) is 1. The molecule has 1 saturated heterocycles. The van der Waals surface area contributed by atoms with Gasteiger partial charge < -0.3 is 4.74 Å². The molecule has 0 amide bonds. The van der Waals surface area contributed by atoms with Gasteiger partial charge >= 0.3 is 0 Å². The first-order chi connectivity index (χ1) is 7.69. The number of fused-ring (bicyclic) bond motifs is 1. The molecule has 3 fully saturated rings. The first-order valence-electron chi connectivity index (χ1n) is 7.32. The topological polar surface area (TPSA) is 9.23 Å². The van der Waals surface area contributed by atoms with E-state index >= 15 is 0 Å². The van der Waals surface area contributed by atoms with Crippen LogP contribution in [0.4, 0.5) is 0 Å². The Kier molecular flexibility index (Phi) is 2.78. The van der Waals surface area contributed by atoms with Crippen LogP contribution < -0.4 is 0 Å². The normalized spacial score (nSPS) is 47.8. The Balaban J connectivity index is 1.66. The third-order valence-corrected chi connectivity index (χ3v) is 5.43. The van der Waals surface area contributed by atoms with Crippen LogP contribution in [-0.4, -0.2) is 12.2 Å². The molecule has 3 rings (SSSR count). The van der Waals surface area contributed by atoms with Gasteiger partial charge in [0.05, 0.1) is 12.2 Å². The maximum Gasteiger partial charge on any atom is 0.0685 e. The molecular weight excluding hydrogens is 196 g/mol. The van der Waals surface area contributed by atoms with Crippen molar-refractivity contribution in [3.8, 4) is 0 Å². The molecule has 0 radical (unpaired) electrons. The summed E-state index contributed by atoms with van der Waals surface area (Å²) in [5.41, 5.74) is 0.306. The number of rotatable bonds is 1. The fraction of sp³-hybridized carbons (Fsp3) is 1.00. The molecule has 1 heterocycles. The number of hydrogen-bond donors (Lipinski definition) is 0. The molecule has 3 aliphatic rings. The van der Waals surface area contributed by atoms with Crippen LogP contribution in [0.1, 0.15) is 58.8 Å². The van der Waals surface area contributed by atoms with E-state index in [1.165, 1.54) is 44.9 Å². The van der Waals surface area contributed by atoms with Crippen LogP contribution in [0.2, 0.25) is 0 Å². The van der Waals surface area contributed by atoms with Gasteiger partial charge in [0, 0.05) is 0 Å². The molecule has 1 heteroatoms. The Morgan fingerprint density at radius 3 is 2.81 bits per heavy atom. The summed E-state index contributed by atoms with van der Waals surface area (Å²) >= 11 is 0. The summed E-state index contributed by atoms with van der Waals surface area (Å²) in [6, 6.07) is 0. The summed E-state index contributed by atoms with van der Waals surface area (Å²) in [7, 11) is 0. The van der Waals surface area contributed by atoms with Crippen molar-refractivity contribution >= 4 is 0 Å². The van der Waals surface area contributed by atoms with Crippen molar-refractivity contribution in [2.75, 3.05) is 6.61 Å². The van der Waals surface area contributed by atoms with Gasteiger partial charge in [0.15, 0.2) is 0 Å². The minimum Gasteiger partial charge on any atom is -0.375 e. The van der Waals surface area contributed by atoms with Crippen LogP contribution in [0.5, 0.6) is 0 Å². The van der Waals surface area contributed by atoms with E-state index in [4.69, 9.17) is 4.74 Å². The van der Waals surface area contributed by atoms with Gasteiger partial charge in [0.2, 0.25) is 0 Å². The van der Waals surface area contributed by atoms with E-state index in [1.807, 2.05) is 0 Å². The lowest BCUT2D eigenvalue weighted by atomic mass is 9.71. The molecule has 4 unspecified atom stereocenters. The second-order valence-corrected chi connectivity index (χ2v) is 6.89. The Morgan fingerprint density at radius 1 is 1.12 bits per heavy atom. The molecular formula is C15H26O. The average Bonchev–Trinajstić information content (AvgIpc) is 3.03. The SMILES string of the molecule is CC(C)C1CCCC2(CCC3CC3CO2)C1. The first kappa shape index (κ1) is 11.1. The standard InChI is InChI=1S/C15H26O/c1-11(2)13-4-3-6-15(9-13)7-5-12-8-14(12)10-16-15/h11-14H,3-10H2,1-2H3. The van der Waals surface area contributed by atoms with Gasteiger partial charge in [-0.05, 0) is 62.2 Å². The highest BCUT2D eigenvalue weighted by atomic mass is 16.5. The van der Waals surface area contributed by atoms with Crippen LogP contribution in [-0.2, 0) is 4.74 Å². The lowest BCUT2D eigenvalue weighted by molar-refractivity contribution is -0.0911. The van der Waals surface area contributed by atoms with Crippen molar-refractivity contribution in [3.05, 3.63) is 0 Å². The molecule has 2 aliphatic carbocycles. The van der Waals surface area contributed by atoms with E-state index in [9.17, 15) is 0 Å². The zero-order valence-electron chi connectivity index (χ0n) is 10.9. The lowest BCUT2D eigenvalue weighted by Crippen LogP contribution is -2.39. The van der Waals surface area contributed by atoms with Gasteiger partial charge in [0.1, 0.15) is 0 Å². The minimum absolute atomic E-state index is 0.306. The summed E-state index contributed by atoms with van der Waals surface area (Å²) in [5, 5.41) is 0. The Bertz CT molecular complexity index is 246. The Labute approximate surface area is 99.9 Å². The molecule has 0 N–H and O–H groups in total. The maximum atomic E-state index is 6.37. The van der Waals surface area contributed by atoms with E-state index in [-0.39, 0.29) is 0 Å². The van der Waals surface area contributed by atoms with Crippen LogP contribution in [0.3, 0.4) is 0 Å². The molecule has 1 nitrogen and oxygen atoms in total. The highest BCUT2D eigenvalue weighted by Gasteiger charge is 2.46. The van der Waals surface area contributed by atoms with Crippen molar-refractivity contribution in [1.82, 2.24) is 0 Å². The minimum atomic E-state index is 0.306. The van der Waals surface area contributed by atoms with Gasteiger partial charge in [-0.15, -0.1) is 0 Å². The van der Waals surface area contributed by atoms with Gasteiger partial charge in [0.25, 0.3) is 0 Å². The summed E-state index contributed by atoms with van der Waals surface area (Å²) in [5.74, 6) is 3.75.